The third-order valence-corrected chi connectivity index (χ3v) is 4.04. The predicted octanol–water partition coefficient (Wildman–Crippen LogP) is 3.29. The van der Waals surface area contributed by atoms with Gasteiger partial charge in [0.25, 0.3) is 0 Å². The maximum Gasteiger partial charge on any atom is 0.0555 e. The smallest absolute Gasteiger partial charge is 0.0555 e. The Balaban J connectivity index is 2.77. The minimum absolute atomic E-state index is 0.0953. The van der Waals surface area contributed by atoms with E-state index in [9.17, 15) is 5.11 Å². The summed E-state index contributed by atoms with van der Waals surface area (Å²) in [4.78, 5) is 2.57. The van der Waals surface area contributed by atoms with Crippen LogP contribution in [0.15, 0.2) is 0 Å². The zero-order valence-corrected chi connectivity index (χ0v) is 12.6. The van der Waals surface area contributed by atoms with E-state index >= 15 is 0 Å². The molecule has 1 aliphatic carbocycles. The molecule has 1 aliphatic rings. The predicted molar refractivity (Wildman–Crippen MR) is 74.1 cm³/mol. The van der Waals surface area contributed by atoms with Gasteiger partial charge in [0.2, 0.25) is 0 Å². The summed E-state index contributed by atoms with van der Waals surface area (Å²) in [7, 11) is 0. The van der Waals surface area contributed by atoms with E-state index in [1.54, 1.807) is 0 Å². The molecule has 0 heterocycles. The molecule has 1 rings (SSSR count). The molecule has 2 atom stereocenters. The molecule has 0 aromatic rings. The first-order valence-corrected chi connectivity index (χ1v) is 7.08. The van der Waals surface area contributed by atoms with Crippen LogP contribution in [0.4, 0.5) is 0 Å². The Morgan fingerprint density at radius 3 is 2.35 bits per heavy atom. The van der Waals surface area contributed by atoms with Gasteiger partial charge in [-0.1, -0.05) is 41.5 Å². The van der Waals surface area contributed by atoms with Crippen LogP contribution >= 0.6 is 0 Å². The van der Waals surface area contributed by atoms with Gasteiger partial charge in [-0.2, -0.15) is 0 Å². The molecule has 0 aromatic carbocycles. The summed E-state index contributed by atoms with van der Waals surface area (Å²) in [6.45, 7) is 16.0. The fraction of sp³-hybridized carbons (Fsp3) is 1.00. The van der Waals surface area contributed by atoms with Crippen molar-refractivity contribution in [2.75, 3.05) is 13.1 Å². The minimum Gasteiger partial charge on any atom is -0.393 e. The van der Waals surface area contributed by atoms with Gasteiger partial charge in [0.05, 0.1) is 6.10 Å². The van der Waals surface area contributed by atoms with Crippen molar-refractivity contribution in [3.8, 4) is 0 Å². The van der Waals surface area contributed by atoms with Gasteiger partial charge < -0.3 is 5.11 Å². The number of aliphatic hydroxyl groups excluding tert-OH is 1. The maximum atomic E-state index is 9.93. The Labute approximate surface area is 107 Å². The van der Waals surface area contributed by atoms with Crippen LogP contribution in [0.2, 0.25) is 0 Å². The SMILES string of the molecule is CCN(CC(C)(C)C)C1CC(O)CCC1(C)C. The summed E-state index contributed by atoms with van der Waals surface area (Å²) in [5.41, 5.74) is 0.662. The zero-order valence-electron chi connectivity index (χ0n) is 12.6. The highest BCUT2D eigenvalue weighted by Gasteiger charge is 2.39. The molecular formula is C15H31NO. The van der Waals surface area contributed by atoms with Crippen LogP contribution in [-0.4, -0.2) is 35.2 Å². The summed E-state index contributed by atoms with van der Waals surface area (Å²) in [5, 5.41) is 9.93. The Morgan fingerprint density at radius 2 is 1.88 bits per heavy atom. The lowest BCUT2D eigenvalue weighted by molar-refractivity contribution is -0.0206. The molecule has 102 valence electrons. The number of aliphatic hydroxyl groups is 1. The molecule has 0 bridgehead atoms. The van der Waals surface area contributed by atoms with Gasteiger partial charge in [-0.15, -0.1) is 0 Å². The Kier molecular flexibility index (Phi) is 4.65. The molecule has 0 saturated heterocycles. The second-order valence-corrected chi connectivity index (χ2v) is 7.56. The van der Waals surface area contributed by atoms with E-state index in [1.165, 1.54) is 0 Å². The highest BCUT2D eigenvalue weighted by Crippen LogP contribution is 2.39. The standard InChI is InChI=1S/C15H31NO/c1-7-16(11-14(2,3)4)13-10-12(17)8-9-15(13,5)6/h12-13,17H,7-11H2,1-6H3. The van der Waals surface area contributed by atoms with Crippen LogP contribution in [0.25, 0.3) is 0 Å². The van der Waals surface area contributed by atoms with E-state index in [-0.39, 0.29) is 6.10 Å². The lowest BCUT2D eigenvalue weighted by atomic mass is 9.71. The molecule has 1 saturated carbocycles. The monoisotopic (exact) mass is 241 g/mol. The van der Waals surface area contributed by atoms with E-state index in [2.05, 4.69) is 46.4 Å². The number of hydrogen-bond acceptors (Lipinski definition) is 2. The first-order valence-electron chi connectivity index (χ1n) is 7.08. The van der Waals surface area contributed by atoms with Crippen molar-refractivity contribution in [1.29, 1.82) is 0 Å². The summed E-state index contributed by atoms with van der Waals surface area (Å²) in [5.74, 6) is 0. The van der Waals surface area contributed by atoms with Gasteiger partial charge >= 0.3 is 0 Å². The maximum absolute atomic E-state index is 9.93. The third kappa shape index (κ3) is 4.26. The van der Waals surface area contributed by atoms with Gasteiger partial charge in [0.1, 0.15) is 0 Å². The topological polar surface area (TPSA) is 23.5 Å². The summed E-state index contributed by atoms with van der Waals surface area (Å²) in [6, 6.07) is 0.524. The molecule has 1 N–H and O–H groups in total. The number of hydrogen-bond donors (Lipinski definition) is 1. The zero-order chi connectivity index (χ0) is 13.3. The average molecular weight is 241 g/mol. The third-order valence-electron chi connectivity index (χ3n) is 4.04. The lowest BCUT2D eigenvalue weighted by Crippen LogP contribution is -2.52. The molecule has 0 aliphatic heterocycles. The molecule has 0 radical (unpaired) electrons. The van der Waals surface area contributed by atoms with Crippen LogP contribution in [0.3, 0.4) is 0 Å². The Bertz CT molecular complexity index is 242. The second-order valence-electron chi connectivity index (χ2n) is 7.56. The molecule has 2 heteroatoms. The normalized spacial score (nSPS) is 29.6. The van der Waals surface area contributed by atoms with Crippen molar-refractivity contribution in [2.45, 2.75) is 73.0 Å². The average Bonchev–Trinajstić information content (AvgIpc) is 2.17. The van der Waals surface area contributed by atoms with Gasteiger partial charge in [0, 0.05) is 12.6 Å². The van der Waals surface area contributed by atoms with E-state index in [1.807, 2.05) is 0 Å². The molecule has 0 spiro atoms. The minimum atomic E-state index is -0.0953. The van der Waals surface area contributed by atoms with Crippen molar-refractivity contribution < 1.29 is 5.11 Å². The summed E-state index contributed by atoms with van der Waals surface area (Å²) in [6.07, 6.45) is 2.95. The number of rotatable bonds is 3. The van der Waals surface area contributed by atoms with Crippen LogP contribution in [-0.2, 0) is 0 Å². The molecule has 17 heavy (non-hydrogen) atoms. The molecule has 1 fully saturated rings. The van der Waals surface area contributed by atoms with Crippen LogP contribution in [0, 0.1) is 10.8 Å². The van der Waals surface area contributed by atoms with Crippen molar-refractivity contribution >= 4 is 0 Å². The van der Waals surface area contributed by atoms with Crippen LogP contribution in [0.5, 0.6) is 0 Å². The van der Waals surface area contributed by atoms with E-state index < -0.39 is 0 Å². The fourth-order valence-electron chi connectivity index (χ4n) is 3.09. The van der Waals surface area contributed by atoms with E-state index in [0.717, 1.165) is 32.4 Å². The highest BCUT2D eigenvalue weighted by atomic mass is 16.3. The van der Waals surface area contributed by atoms with Gasteiger partial charge in [-0.05, 0) is 36.6 Å². The van der Waals surface area contributed by atoms with E-state index in [4.69, 9.17) is 0 Å². The van der Waals surface area contributed by atoms with Crippen LogP contribution in [0.1, 0.15) is 60.8 Å². The molecular weight excluding hydrogens is 210 g/mol. The molecule has 2 nitrogen and oxygen atoms in total. The largest absolute Gasteiger partial charge is 0.393 e. The Hall–Kier alpha value is -0.0800. The van der Waals surface area contributed by atoms with Crippen molar-refractivity contribution in [2.24, 2.45) is 10.8 Å². The molecule has 0 amide bonds. The Morgan fingerprint density at radius 1 is 1.29 bits per heavy atom. The summed E-state index contributed by atoms with van der Waals surface area (Å²) < 4.78 is 0. The first kappa shape index (κ1) is 15.0. The quantitative estimate of drug-likeness (QED) is 0.819. The van der Waals surface area contributed by atoms with Gasteiger partial charge in [-0.3, -0.25) is 4.90 Å². The molecule has 2 unspecified atom stereocenters. The number of nitrogens with zero attached hydrogens (tertiary/aromatic N) is 1. The van der Waals surface area contributed by atoms with Gasteiger partial charge in [-0.25, -0.2) is 0 Å². The summed E-state index contributed by atoms with van der Waals surface area (Å²) >= 11 is 0. The highest BCUT2D eigenvalue weighted by molar-refractivity contribution is 4.93. The second kappa shape index (κ2) is 5.27. The van der Waals surface area contributed by atoms with Gasteiger partial charge in [0.15, 0.2) is 0 Å². The van der Waals surface area contributed by atoms with Crippen molar-refractivity contribution in [3.05, 3.63) is 0 Å². The van der Waals surface area contributed by atoms with Crippen molar-refractivity contribution in [3.63, 3.8) is 0 Å². The van der Waals surface area contributed by atoms with E-state index in [0.29, 0.717) is 16.9 Å². The van der Waals surface area contributed by atoms with Crippen LogP contribution < -0.4 is 0 Å². The fourth-order valence-corrected chi connectivity index (χ4v) is 3.09. The molecule has 0 aromatic heterocycles. The van der Waals surface area contributed by atoms with Crippen molar-refractivity contribution in [1.82, 2.24) is 4.90 Å². The lowest BCUT2D eigenvalue weighted by Gasteiger charge is -2.48. The first-order chi connectivity index (χ1) is 7.65.